The van der Waals surface area contributed by atoms with E-state index in [0.29, 0.717) is 18.2 Å². The fourth-order valence-electron chi connectivity index (χ4n) is 3.97. The Morgan fingerprint density at radius 2 is 1.59 bits per heavy atom. The van der Waals surface area contributed by atoms with E-state index >= 15 is 0 Å². The van der Waals surface area contributed by atoms with E-state index < -0.39 is 5.56 Å². The average Bonchev–Trinajstić information content (AvgIpc) is 3.46. The summed E-state index contributed by atoms with van der Waals surface area (Å²) in [5.41, 5.74) is 3.30. The van der Waals surface area contributed by atoms with Crippen molar-refractivity contribution in [3.8, 4) is 22.5 Å². The van der Waals surface area contributed by atoms with Crippen LogP contribution >= 0.6 is 0 Å². The van der Waals surface area contributed by atoms with Crippen LogP contribution in [0, 0.1) is 0 Å². The molecular formula is C22H20N8O2. The van der Waals surface area contributed by atoms with E-state index in [1.807, 2.05) is 66.9 Å². The minimum Gasteiger partial charge on any atom is -0.319 e. The monoisotopic (exact) mass is 428 g/mol. The highest BCUT2D eigenvalue weighted by Crippen LogP contribution is 2.33. The molecule has 5 aromatic rings. The van der Waals surface area contributed by atoms with Gasteiger partial charge in [0.05, 0.1) is 6.54 Å². The molecule has 0 fully saturated rings. The molecule has 0 spiro atoms. The Balaban J connectivity index is 1.71. The molecule has 0 saturated heterocycles. The molecule has 0 atom stereocenters. The van der Waals surface area contributed by atoms with E-state index in [4.69, 9.17) is 0 Å². The zero-order valence-corrected chi connectivity index (χ0v) is 17.5. The van der Waals surface area contributed by atoms with Crippen molar-refractivity contribution >= 4 is 11.0 Å². The van der Waals surface area contributed by atoms with E-state index in [-0.39, 0.29) is 22.5 Å². The molecular weight excluding hydrogens is 408 g/mol. The first kappa shape index (κ1) is 19.6. The Labute approximate surface area is 181 Å². The summed E-state index contributed by atoms with van der Waals surface area (Å²) < 4.78 is 1.82. The predicted molar refractivity (Wildman–Crippen MR) is 119 cm³/mol. The standard InChI is InChI=1S/C22H20N8O2/c1-12(2)20-23-17-18(22(32)27-26-21(17)31)30(20)11-13-7-3-4-8-14(13)15-9-5-6-10-16(15)19-24-28-29-25-19/h3-10,12H,11H2,1-2H3,(H,26,31)(H,27,32)(H,24,25,28,29). The van der Waals surface area contributed by atoms with Crippen LogP contribution in [0.25, 0.3) is 33.5 Å². The molecule has 2 aromatic carbocycles. The second-order valence-electron chi connectivity index (χ2n) is 7.75. The summed E-state index contributed by atoms with van der Waals surface area (Å²) >= 11 is 0. The maximum absolute atomic E-state index is 12.6. The summed E-state index contributed by atoms with van der Waals surface area (Å²) in [7, 11) is 0. The number of aromatic nitrogens is 8. The van der Waals surface area contributed by atoms with Gasteiger partial charge in [-0.05, 0) is 21.9 Å². The minimum absolute atomic E-state index is 0.0139. The summed E-state index contributed by atoms with van der Waals surface area (Å²) in [6.07, 6.45) is 0. The van der Waals surface area contributed by atoms with E-state index in [1.54, 1.807) is 0 Å². The van der Waals surface area contributed by atoms with Crippen LogP contribution < -0.4 is 11.1 Å². The highest BCUT2D eigenvalue weighted by atomic mass is 16.1. The van der Waals surface area contributed by atoms with Crippen LogP contribution in [0.15, 0.2) is 58.1 Å². The first-order valence-corrected chi connectivity index (χ1v) is 10.2. The van der Waals surface area contributed by atoms with Gasteiger partial charge in [0, 0.05) is 11.5 Å². The lowest BCUT2D eigenvalue weighted by Crippen LogP contribution is -2.21. The number of benzene rings is 2. The normalized spacial score (nSPS) is 11.5. The topological polar surface area (TPSA) is 138 Å². The third-order valence-corrected chi connectivity index (χ3v) is 5.38. The van der Waals surface area contributed by atoms with Gasteiger partial charge in [-0.25, -0.2) is 4.98 Å². The summed E-state index contributed by atoms with van der Waals surface area (Å²) in [4.78, 5) is 29.4. The van der Waals surface area contributed by atoms with Gasteiger partial charge in [-0.1, -0.05) is 62.4 Å². The molecule has 160 valence electrons. The molecule has 3 heterocycles. The second kappa shape index (κ2) is 7.73. The Morgan fingerprint density at radius 1 is 0.906 bits per heavy atom. The van der Waals surface area contributed by atoms with Gasteiger partial charge in [-0.15, -0.1) is 10.2 Å². The minimum atomic E-state index is -0.420. The third-order valence-electron chi connectivity index (χ3n) is 5.38. The lowest BCUT2D eigenvalue weighted by Gasteiger charge is -2.16. The van der Waals surface area contributed by atoms with Gasteiger partial charge in [0.25, 0.3) is 11.1 Å². The van der Waals surface area contributed by atoms with E-state index in [2.05, 4.69) is 35.8 Å². The lowest BCUT2D eigenvalue weighted by molar-refractivity contribution is 0.682. The smallest absolute Gasteiger partial charge is 0.290 e. The van der Waals surface area contributed by atoms with Crippen LogP contribution in [-0.2, 0) is 6.54 Å². The van der Waals surface area contributed by atoms with E-state index in [9.17, 15) is 9.59 Å². The molecule has 0 aliphatic rings. The molecule has 0 bridgehead atoms. The van der Waals surface area contributed by atoms with Crippen molar-refractivity contribution in [3.05, 3.63) is 80.6 Å². The van der Waals surface area contributed by atoms with Crippen molar-refractivity contribution in [2.75, 3.05) is 0 Å². The summed E-state index contributed by atoms with van der Waals surface area (Å²) in [5, 5.41) is 19.2. The van der Waals surface area contributed by atoms with E-state index in [0.717, 1.165) is 22.3 Å². The molecule has 0 aliphatic carbocycles. The van der Waals surface area contributed by atoms with Crippen molar-refractivity contribution in [2.45, 2.75) is 26.3 Å². The number of H-pyrrole nitrogens is 3. The molecule has 0 saturated carbocycles. The molecule has 0 radical (unpaired) electrons. The first-order valence-electron chi connectivity index (χ1n) is 10.2. The van der Waals surface area contributed by atoms with Crippen LogP contribution in [-0.4, -0.2) is 40.4 Å². The van der Waals surface area contributed by atoms with Crippen LogP contribution in [0.3, 0.4) is 0 Å². The number of tetrazole rings is 1. The third kappa shape index (κ3) is 3.22. The Hall–Kier alpha value is -4.34. The maximum Gasteiger partial charge on any atom is 0.290 e. The van der Waals surface area contributed by atoms with Gasteiger partial charge in [0.1, 0.15) is 11.3 Å². The van der Waals surface area contributed by atoms with Gasteiger partial charge >= 0.3 is 0 Å². The molecule has 5 rings (SSSR count). The maximum atomic E-state index is 12.6. The SMILES string of the molecule is CC(C)c1nc2c(=O)[nH][nH]c(=O)c2n1Cc1ccccc1-c1ccccc1-c1nn[nH]n1. The fourth-order valence-corrected chi connectivity index (χ4v) is 3.97. The van der Waals surface area contributed by atoms with Crippen molar-refractivity contribution < 1.29 is 0 Å². The molecule has 32 heavy (non-hydrogen) atoms. The van der Waals surface area contributed by atoms with Crippen molar-refractivity contribution in [1.29, 1.82) is 0 Å². The second-order valence-corrected chi connectivity index (χ2v) is 7.75. The summed E-state index contributed by atoms with van der Waals surface area (Å²) in [6.45, 7) is 4.34. The van der Waals surface area contributed by atoms with Gasteiger partial charge in [0.15, 0.2) is 5.52 Å². The number of hydrogen-bond acceptors (Lipinski definition) is 6. The Morgan fingerprint density at radius 3 is 2.31 bits per heavy atom. The highest BCUT2D eigenvalue weighted by molar-refractivity contribution is 5.82. The van der Waals surface area contributed by atoms with Gasteiger partial charge in [0.2, 0.25) is 5.82 Å². The fraction of sp³-hybridized carbons (Fsp3) is 0.182. The number of fused-ring (bicyclic) bond motifs is 1. The molecule has 10 heteroatoms. The van der Waals surface area contributed by atoms with Crippen molar-refractivity contribution in [3.63, 3.8) is 0 Å². The van der Waals surface area contributed by atoms with Crippen LogP contribution in [0.5, 0.6) is 0 Å². The summed E-state index contributed by atoms with van der Waals surface area (Å²) in [6, 6.07) is 15.7. The molecule has 0 aliphatic heterocycles. The number of nitrogens with zero attached hydrogens (tertiary/aromatic N) is 5. The van der Waals surface area contributed by atoms with Crippen molar-refractivity contribution in [1.82, 2.24) is 40.4 Å². The zero-order valence-electron chi connectivity index (χ0n) is 17.5. The number of imidazole rings is 1. The van der Waals surface area contributed by atoms with Gasteiger partial charge in [-0.3, -0.25) is 19.8 Å². The highest BCUT2D eigenvalue weighted by Gasteiger charge is 2.20. The largest absolute Gasteiger partial charge is 0.319 e. The van der Waals surface area contributed by atoms with Crippen LogP contribution in [0.4, 0.5) is 0 Å². The average molecular weight is 428 g/mol. The Kier molecular flexibility index (Phi) is 4.74. The zero-order chi connectivity index (χ0) is 22.2. The van der Waals surface area contributed by atoms with E-state index in [1.165, 1.54) is 0 Å². The molecule has 3 N–H and O–H groups in total. The quantitative estimate of drug-likeness (QED) is 0.393. The van der Waals surface area contributed by atoms with Crippen molar-refractivity contribution in [2.24, 2.45) is 0 Å². The number of nitrogens with one attached hydrogen (secondary N) is 3. The first-order chi connectivity index (χ1) is 15.5. The molecule has 0 unspecified atom stereocenters. The number of rotatable bonds is 5. The lowest BCUT2D eigenvalue weighted by atomic mass is 9.95. The molecule has 3 aromatic heterocycles. The van der Waals surface area contributed by atoms with Crippen LogP contribution in [0.1, 0.15) is 31.2 Å². The number of aromatic amines is 3. The summed E-state index contributed by atoms with van der Waals surface area (Å²) in [5.74, 6) is 1.18. The number of hydrogen-bond donors (Lipinski definition) is 3. The van der Waals surface area contributed by atoms with Gasteiger partial charge < -0.3 is 4.57 Å². The van der Waals surface area contributed by atoms with Crippen LogP contribution in [0.2, 0.25) is 0 Å². The molecule has 0 amide bonds. The molecule has 10 nitrogen and oxygen atoms in total. The predicted octanol–water partition coefficient (Wildman–Crippen LogP) is 2.43. The van der Waals surface area contributed by atoms with Gasteiger partial charge in [-0.2, -0.15) is 5.21 Å². The Bertz CT molecular complexity index is 1530.